The molecule has 0 amide bonds. The third-order valence-electron chi connectivity index (χ3n) is 4.69. The van der Waals surface area contributed by atoms with Crippen molar-refractivity contribution < 1.29 is 9.90 Å². The van der Waals surface area contributed by atoms with Crippen LogP contribution in [-0.2, 0) is 11.3 Å². The highest BCUT2D eigenvalue weighted by molar-refractivity contribution is 5.69. The molecule has 5 heteroatoms. The molecule has 1 aliphatic heterocycles. The number of hydrogen-bond acceptors (Lipinski definition) is 4. The SMILES string of the molecule is NC(CC(=O)O)c1ccccc1N1CCN(Cc2ccccc2)CC1. The van der Waals surface area contributed by atoms with Crippen LogP contribution in [0.25, 0.3) is 0 Å². The van der Waals surface area contributed by atoms with Gasteiger partial charge in [-0.3, -0.25) is 9.69 Å². The molecule has 1 fully saturated rings. The molecule has 1 aliphatic rings. The average Bonchev–Trinajstić information content (AvgIpc) is 2.63. The second-order valence-corrected chi connectivity index (χ2v) is 6.51. The molecule has 0 aliphatic carbocycles. The summed E-state index contributed by atoms with van der Waals surface area (Å²) in [6, 6.07) is 17.9. The molecule has 5 nitrogen and oxygen atoms in total. The minimum atomic E-state index is -0.866. The molecule has 0 aromatic heterocycles. The van der Waals surface area contributed by atoms with E-state index in [0.29, 0.717) is 0 Å². The minimum absolute atomic E-state index is 0.0506. The van der Waals surface area contributed by atoms with Crippen LogP contribution >= 0.6 is 0 Å². The van der Waals surface area contributed by atoms with Crippen LogP contribution in [0.1, 0.15) is 23.6 Å². The van der Waals surface area contributed by atoms with Crippen LogP contribution < -0.4 is 10.6 Å². The van der Waals surface area contributed by atoms with Gasteiger partial charge in [0.25, 0.3) is 0 Å². The zero-order valence-corrected chi connectivity index (χ0v) is 14.3. The van der Waals surface area contributed by atoms with E-state index in [1.165, 1.54) is 5.56 Å². The summed E-state index contributed by atoms with van der Waals surface area (Å²) < 4.78 is 0. The van der Waals surface area contributed by atoms with Crippen molar-refractivity contribution in [3.8, 4) is 0 Å². The Morgan fingerprint density at radius 1 is 1.00 bits per heavy atom. The molecular weight excluding hydrogens is 314 g/mol. The number of rotatable bonds is 6. The highest BCUT2D eigenvalue weighted by Gasteiger charge is 2.22. The molecule has 2 aromatic carbocycles. The predicted octanol–water partition coefficient (Wildman–Crippen LogP) is 2.48. The number of piperazine rings is 1. The van der Waals surface area contributed by atoms with Crippen LogP contribution in [0, 0.1) is 0 Å². The molecule has 2 aromatic rings. The maximum atomic E-state index is 11.0. The van der Waals surface area contributed by atoms with Crippen molar-refractivity contribution in [2.24, 2.45) is 5.73 Å². The van der Waals surface area contributed by atoms with Crippen LogP contribution in [0.15, 0.2) is 54.6 Å². The van der Waals surface area contributed by atoms with Gasteiger partial charge in [-0.15, -0.1) is 0 Å². The summed E-state index contributed by atoms with van der Waals surface area (Å²) in [4.78, 5) is 15.8. The van der Waals surface area contributed by atoms with Gasteiger partial charge in [0.05, 0.1) is 6.42 Å². The molecule has 0 spiro atoms. The van der Waals surface area contributed by atoms with E-state index in [4.69, 9.17) is 10.8 Å². The van der Waals surface area contributed by atoms with E-state index in [-0.39, 0.29) is 6.42 Å². The molecule has 3 rings (SSSR count). The Labute approximate surface area is 148 Å². The standard InChI is InChI=1S/C20H25N3O2/c21-18(14-20(24)25)17-8-4-5-9-19(17)23-12-10-22(11-13-23)15-16-6-2-1-3-7-16/h1-9,18H,10-15,21H2,(H,24,25). The van der Waals surface area contributed by atoms with Crippen molar-refractivity contribution in [2.45, 2.75) is 19.0 Å². The first-order chi connectivity index (χ1) is 12.1. The Bertz CT molecular complexity index is 697. The number of anilines is 1. The summed E-state index contributed by atoms with van der Waals surface area (Å²) in [5, 5.41) is 9.02. The summed E-state index contributed by atoms with van der Waals surface area (Å²) in [6.45, 7) is 4.77. The first kappa shape index (κ1) is 17.5. The molecule has 3 N–H and O–H groups in total. The monoisotopic (exact) mass is 339 g/mol. The second kappa shape index (κ2) is 8.14. The van der Waals surface area contributed by atoms with Crippen molar-refractivity contribution in [3.63, 3.8) is 0 Å². The van der Waals surface area contributed by atoms with Gasteiger partial charge in [-0.2, -0.15) is 0 Å². The number of benzene rings is 2. The van der Waals surface area contributed by atoms with Gasteiger partial charge in [-0.1, -0.05) is 48.5 Å². The van der Waals surface area contributed by atoms with Gasteiger partial charge in [0.2, 0.25) is 0 Å². The summed E-state index contributed by atoms with van der Waals surface area (Å²) >= 11 is 0. The second-order valence-electron chi connectivity index (χ2n) is 6.51. The number of hydrogen-bond donors (Lipinski definition) is 2. The third-order valence-corrected chi connectivity index (χ3v) is 4.69. The minimum Gasteiger partial charge on any atom is -0.481 e. The summed E-state index contributed by atoms with van der Waals surface area (Å²) in [5.74, 6) is -0.866. The van der Waals surface area contributed by atoms with Gasteiger partial charge in [0, 0.05) is 44.5 Å². The van der Waals surface area contributed by atoms with E-state index < -0.39 is 12.0 Å². The van der Waals surface area contributed by atoms with E-state index in [2.05, 4.69) is 34.1 Å². The first-order valence-electron chi connectivity index (χ1n) is 8.71. The quantitative estimate of drug-likeness (QED) is 0.846. The van der Waals surface area contributed by atoms with Gasteiger partial charge >= 0.3 is 5.97 Å². The summed E-state index contributed by atoms with van der Waals surface area (Å²) in [6.07, 6.45) is -0.0506. The van der Waals surface area contributed by atoms with E-state index in [1.807, 2.05) is 30.3 Å². The predicted molar refractivity (Wildman–Crippen MR) is 99.6 cm³/mol. The molecule has 1 saturated heterocycles. The van der Waals surface area contributed by atoms with Crippen molar-refractivity contribution in [1.29, 1.82) is 0 Å². The van der Waals surface area contributed by atoms with E-state index in [9.17, 15) is 4.79 Å². The van der Waals surface area contributed by atoms with Gasteiger partial charge < -0.3 is 15.7 Å². The van der Waals surface area contributed by atoms with Crippen molar-refractivity contribution >= 4 is 11.7 Å². The topological polar surface area (TPSA) is 69.8 Å². The Morgan fingerprint density at radius 2 is 1.64 bits per heavy atom. The number of nitrogens with zero attached hydrogens (tertiary/aromatic N) is 2. The van der Waals surface area contributed by atoms with E-state index in [1.54, 1.807) is 0 Å². The number of carboxylic acids is 1. The number of carboxylic acid groups (broad SMARTS) is 1. The number of para-hydroxylation sites is 1. The van der Waals surface area contributed by atoms with Crippen LogP contribution in [0.3, 0.4) is 0 Å². The zero-order valence-electron chi connectivity index (χ0n) is 14.3. The lowest BCUT2D eigenvalue weighted by atomic mass is 10.0. The average molecular weight is 339 g/mol. The lowest BCUT2D eigenvalue weighted by Crippen LogP contribution is -2.46. The van der Waals surface area contributed by atoms with Crippen molar-refractivity contribution in [3.05, 3.63) is 65.7 Å². The fourth-order valence-electron chi connectivity index (χ4n) is 3.38. The van der Waals surface area contributed by atoms with Crippen LogP contribution in [0.4, 0.5) is 5.69 Å². The maximum absolute atomic E-state index is 11.0. The molecule has 1 unspecified atom stereocenters. The van der Waals surface area contributed by atoms with Crippen LogP contribution in [0.2, 0.25) is 0 Å². The van der Waals surface area contributed by atoms with E-state index >= 15 is 0 Å². The lowest BCUT2D eigenvalue weighted by Gasteiger charge is -2.37. The number of nitrogens with two attached hydrogens (primary N) is 1. The van der Waals surface area contributed by atoms with Crippen molar-refractivity contribution in [2.75, 3.05) is 31.1 Å². The van der Waals surface area contributed by atoms with Gasteiger partial charge in [-0.25, -0.2) is 0 Å². The third kappa shape index (κ3) is 4.59. The maximum Gasteiger partial charge on any atom is 0.305 e. The number of carbonyl (C=O) groups is 1. The number of aliphatic carboxylic acids is 1. The Hall–Kier alpha value is -2.37. The first-order valence-corrected chi connectivity index (χ1v) is 8.71. The van der Waals surface area contributed by atoms with Crippen LogP contribution in [0.5, 0.6) is 0 Å². The molecule has 1 atom stereocenters. The molecule has 132 valence electrons. The molecular formula is C20H25N3O2. The largest absolute Gasteiger partial charge is 0.481 e. The lowest BCUT2D eigenvalue weighted by molar-refractivity contribution is -0.137. The molecule has 0 bridgehead atoms. The molecule has 0 saturated carbocycles. The Kier molecular flexibility index (Phi) is 5.68. The van der Waals surface area contributed by atoms with Crippen LogP contribution in [-0.4, -0.2) is 42.2 Å². The van der Waals surface area contributed by atoms with Crippen molar-refractivity contribution in [1.82, 2.24) is 4.90 Å². The fraction of sp³-hybridized carbons (Fsp3) is 0.350. The highest BCUT2D eigenvalue weighted by atomic mass is 16.4. The fourth-order valence-corrected chi connectivity index (χ4v) is 3.38. The highest BCUT2D eigenvalue weighted by Crippen LogP contribution is 2.28. The Balaban J connectivity index is 1.64. The molecule has 0 radical (unpaired) electrons. The molecule has 1 heterocycles. The summed E-state index contributed by atoms with van der Waals surface area (Å²) in [7, 11) is 0. The van der Waals surface area contributed by atoms with E-state index in [0.717, 1.165) is 44.0 Å². The normalized spacial score (nSPS) is 16.6. The zero-order chi connectivity index (χ0) is 17.6. The molecule has 25 heavy (non-hydrogen) atoms. The smallest absolute Gasteiger partial charge is 0.305 e. The van der Waals surface area contributed by atoms with Gasteiger partial charge in [0.1, 0.15) is 0 Å². The Morgan fingerprint density at radius 3 is 2.32 bits per heavy atom. The van der Waals surface area contributed by atoms with Gasteiger partial charge in [-0.05, 0) is 17.2 Å². The summed E-state index contributed by atoms with van der Waals surface area (Å²) in [5.41, 5.74) is 9.43. The van der Waals surface area contributed by atoms with Gasteiger partial charge in [0.15, 0.2) is 0 Å².